The number of carbonyl (C=O) groups excluding carboxylic acids is 1. The molecule has 1 saturated heterocycles. The van der Waals surface area contributed by atoms with Crippen LogP contribution in [0.5, 0.6) is 5.75 Å². The molecule has 7 nitrogen and oxygen atoms in total. The smallest absolute Gasteiger partial charge is 0.411 e. The van der Waals surface area contributed by atoms with Gasteiger partial charge in [-0.05, 0) is 30.7 Å². The van der Waals surface area contributed by atoms with Gasteiger partial charge in [0.25, 0.3) is 0 Å². The fourth-order valence-corrected chi connectivity index (χ4v) is 3.39. The van der Waals surface area contributed by atoms with E-state index in [4.69, 9.17) is 0 Å². The highest BCUT2D eigenvalue weighted by Crippen LogP contribution is 2.31. The first-order valence-electron chi connectivity index (χ1n) is 9.98. The Morgan fingerprint density at radius 1 is 1.16 bits per heavy atom. The topological polar surface area (TPSA) is 66.9 Å². The van der Waals surface area contributed by atoms with E-state index in [1.54, 1.807) is 17.0 Å². The Balaban J connectivity index is 1.50. The standard InChI is InChI=1S/C20H23F5N4O3/c21-18(22)32-16-5-4-15(14-3-1-6-26-17(14)16)27-19(30)29-10-8-28(9-11-29)7-2-12-31-13-20(23,24)25/h1,3-6,18H,2,7-13H2,(H,27,30). The number of nitrogens with one attached hydrogen (secondary N) is 1. The number of hydrogen-bond acceptors (Lipinski definition) is 5. The normalized spacial score (nSPS) is 15.4. The number of aromatic nitrogens is 1. The summed E-state index contributed by atoms with van der Waals surface area (Å²) in [5.41, 5.74) is 0.632. The van der Waals surface area contributed by atoms with Crippen molar-refractivity contribution in [2.45, 2.75) is 19.2 Å². The molecule has 1 N–H and O–H groups in total. The van der Waals surface area contributed by atoms with Crippen molar-refractivity contribution in [1.29, 1.82) is 0 Å². The lowest BCUT2D eigenvalue weighted by molar-refractivity contribution is -0.174. The van der Waals surface area contributed by atoms with Crippen molar-refractivity contribution in [2.24, 2.45) is 0 Å². The van der Waals surface area contributed by atoms with Crippen molar-refractivity contribution in [3.63, 3.8) is 0 Å². The minimum Gasteiger partial charge on any atom is -0.432 e. The van der Waals surface area contributed by atoms with Crippen LogP contribution >= 0.6 is 0 Å². The molecule has 0 saturated carbocycles. The van der Waals surface area contributed by atoms with Crippen molar-refractivity contribution in [3.8, 4) is 5.75 Å². The Hall–Kier alpha value is -2.73. The van der Waals surface area contributed by atoms with E-state index in [-0.39, 0.29) is 23.9 Å². The van der Waals surface area contributed by atoms with Gasteiger partial charge in [0.15, 0.2) is 5.75 Å². The predicted octanol–water partition coefficient (Wildman–Crippen LogP) is 3.95. The first-order valence-corrected chi connectivity index (χ1v) is 9.98. The van der Waals surface area contributed by atoms with Crippen LogP contribution < -0.4 is 10.1 Å². The third kappa shape index (κ3) is 6.89. The van der Waals surface area contributed by atoms with Crippen LogP contribution in [-0.4, -0.2) is 79.5 Å². The van der Waals surface area contributed by atoms with Crippen LogP contribution in [0.3, 0.4) is 0 Å². The van der Waals surface area contributed by atoms with Crippen LogP contribution in [-0.2, 0) is 4.74 Å². The number of fused-ring (bicyclic) bond motifs is 1. The fraction of sp³-hybridized carbons (Fsp3) is 0.500. The lowest BCUT2D eigenvalue weighted by Crippen LogP contribution is -2.50. The van der Waals surface area contributed by atoms with Crippen LogP contribution in [0.15, 0.2) is 30.5 Å². The lowest BCUT2D eigenvalue weighted by atomic mass is 10.1. The molecular formula is C20H23F5N4O3. The van der Waals surface area contributed by atoms with Gasteiger partial charge in [-0.25, -0.2) is 4.79 Å². The number of alkyl halides is 5. The molecule has 2 heterocycles. The molecule has 3 rings (SSSR count). The van der Waals surface area contributed by atoms with Crippen LogP contribution in [0.1, 0.15) is 6.42 Å². The van der Waals surface area contributed by atoms with Crippen molar-refractivity contribution in [1.82, 2.24) is 14.8 Å². The average Bonchev–Trinajstić information content (AvgIpc) is 2.74. The van der Waals surface area contributed by atoms with Gasteiger partial charge in [0, 0.05) is 50.9 Å². The molecule has 0 aliphatic carbocycles. The molecule has 32 heavy (non-hydrogen) atoms. The zero-order chi connectivity index (χ0) is 23.1. The minimum absolute atomic E-state index is 0.0204. The maximum atomic E-state index is 12.7. The van der Waals surface area contributed by atoms with Crippen LogP contribution in [0, 0.1) is 0 Å². The monoisotopic (exact) mass is 462 g/mol. The van der Waals surface area contributed by atoms with E-state index < -0.39 is 19.4 Å². The van der Waals surface area contributed by atoms with Gasteiger partial charge in [0.1, 0.15) is 12.1 Å². The number of piperazine rings is 1. The number of pyridine rings is 1. The van der Waals surface area contributed by atoms with Gasteiger partial charge in [0.2, 0.25) is 0 Å². The Morgan fingerprint density at radius 3 is 2.59 bits per heavy atom. The number of rotatable bonds is 8. The molecule has 2 aromatic rings. The number of benzene rings is 1. The van der Waals surface area contributed by atoms with E-state index in [1.165, 1.54) is 18.3 Å². The summed E-state index contributed by atoms with van der Waals surface area (Å²) in [4.78, 5) is 20.4. The molecule has 0 atom stereocenters. The molecule has 12 heteroatoms. The lowest BCUT2D eigenvalue weighted by Gasteiger charge is -2.34. The Bertz CT molecular complexity index is 904. The Labute approximate surface area is 181 Å². The summed E-state index contributed by atoms with van der Waals surface area (Å²) in [6.45, 7) is -1.60. The number of anilines is 1. The number of ether oxygens (including phenoxy) is 2. The van der Waals surface area contributed by atoms with Crippen LogP contribution in [0.4, 0.5) is 32.4 Å². The molecular weight excluding hydrogens is 439 g/mol. The molecule has 1 aromatic carbocycles. The minimum atomic E-state index is -4.32. The zero-order valence-corrected chi connectivity index (χ0v) is 17.1. The Morgan fingerprint density at radius 2 is 1.91 bits per heavy atom. The molecule has 1 fully saturated rings. The van der Waals surface area contributed by atoms with E-state index in [1.807, 2.05) is 0 Å². The van der Waals surface area contributed by atoms with E-state index in [0.29, 0.717) is 50.2 Å². The quantitative estimate of drug-likeness (QED) is 0.475. The summed E-state index contributed by atoms with van der Waals surface area (Å²) < 4.78 is 70.5. The number of hydrogen-bond donors (Lipinski definition) is 1. The van der Waals surface area contributed by atoms with E-state index in [9.17, 15) is 26.7 Å². The second-order valence-electron chi connectivity index (χ2n) is 7.17. The highest BCUT2D eigenvalue weighted by atomic mass is 19.4. The van der Waals surface area contributed by atoms with Gasteiger partial charge in [-0.3, -0.25) is 9.88 Å². The molecule has 176 valence electrons. The maximum absolute atomic E-state index is 12.7. The number of urea groups is 1. The summed E-state index contributed by atoms with van der Waals surface area (Å²) in [6.07, 6.45) is -2.41. The van der Waals surface area contributed by atoms with Gasteiger partial charge >= 0.3 is 18.8 Å². The van der Waals surface area contributed by atoms with E-state index >= 15 is 0 Å². The third-order valence-electron chi connectivity index (χ3n) is 4.88. The molecule has 1 aliphatic heterocycles. The number of amides is 2. The molecule has 1 aromatic heterocycles. The van der Waals surface area contributed by atoms with Gasteiger partial charge in [-0.15, -0.1) is 0 Å². The van der Waals surface area contributed by atoms with Crippen molar-refractivity contribution >= 4 is 22.6 Å². The van der Waals surface area contributed by atoms with Crippen molar-refractivity contribution in [2.75, 3.05) is 51.3 Å². The maximum Gasteiger partial charge on any atom is 0.411 e. The summed E-state index contributed by atoms with van der Waals surface area (Å²) in [7, 11) is 0. The molecule has 1 aliphatic rings. The van der Waals surface area contributed by atoms with E-state index in [2.05, 4.69) is 24.7 Å². The van der Waals surface area contributed by atoms with E-state index in [0.717, 1.165) is 0 Å². The first kappa shape index (κ1) is 23.9. The predicted molar refractivity (Wildman–Crippen MR) is 107 cm³/mol. The zero-order valence-electron chi connectivity index (χ0n) is 17.1. The fourth-order valence-electron chi connectivity index (χ4n) is 3.39. The highest BCUT2D eigenvalue weighted by molar-refractivity contribution is 6.02. The van der Waals surface area contributed by atoms with Crippen molar-refractivity contribution < 1.29 is 36.2 Å². The summed E-state index contributed by atoms with van der Waals surface area (Å²) in [5, 5.41) is 3.25. The molecule has 0 radical (unpaired) electrons. The first-order chi connectivity index (χ1) is 15.2. The van der Waals surface area contributed by atoms with Crippen LogP contribution in [0.25, 0.3) is 10.9 Å². The molecule has 0 unspecified atom stereocenters. The highest BCUT2D eigenvalue weighted by Gasteiger charge is 2.27. The molecule has 2 amide bonds. The largest absolute Gasteiger partial charge is 0.432 e. The second-order valence-corrected chi connectivity index (χ2v) is 7.17. The number of halogens is 5. The second kappa shape index (κ2) is 10.7. The molecule has 0 spiro atoms. The summed E-state index contributed by atoms with van der Waals surface area (Å²) >= 11 is 0. The number of carbonyl (C=O) groups is 1. The average molecular weight is 462 g/mol. The third-order valence-corrected chi connectivity index (χ3v) is 4.88. The SMILES string of the molecule is O=C(Nc1ccc(OC(F)F)c2ncccc12)N1CCN(CCCOCC(F)(F)F)CC1. The molecule has 0 bridgehead atoms. The van der Waals surface area contributed by atoms with Gasteiger partial charge < -0.3 is 19.7 Å². The Kier molecular flexibility index (Phi) is 8.02. The number of nitrogens with zero attached hydrogens (tertiary/aromatic N) is 3. The summed E-state index contributed by atoms with van der Waals surface area (Å²) in [5.74, 6) is -0.0820. The van der Waals surface area contributed by atoms with Gasteiger partial charge in [-0.2, -0.15) is 22.0 Å². The van der Waals surface area contributed by atoms with Gasteiger partial charge in [-0.1, -0.05) is 0 Å². The van der Waals surface area contributed by atoms with Crippen LogP contribution in [0.2, 0.25) is 0 Å². The van der Waals surface area contributed by atoms with Crippen molar-refractivity contribution in [3.05, 3.63) is 30.5 Å². The summed E-state index contributed by atoms with van der Waals surface area (Å²) in [6, 6.07) is 5.74. The van der Waals surface area contributed by atoms with Gasteiger partial charge in [0.05, 0.1) is 5.69 Å².